The van der Waals surface area contributed by atoms with Crippen LogP contribution in [0.2, 0.25) is 0 Å². The van der Waals surface area contributed by atoms with Gasteiger partial charge in [0.1, 0.15) is 0 Å². The molecule has 1 unspecified atom stereocenters. The molecule has 0 spiro atoms. The number of hydrogen-bond acceptors (Lipinski definition) is 2. The second-order valence-corrected chi connectivity index (χ2v) is 4.17. The summed E-state index contributed by atoms with van der Waals surface area (Å²) >= 11 is 1.92. The van der Waals surface area contributed by atoms with E-state index in [-0.39, 0.29) is 9.83 Å². The fraction of sp³-hybridized carbons (Fsp3) is 0.200. The van der Waals surface area contributed by atoms with Crippen LogP contribution in [0.4, 0.5) is 0 Å². The molecule has 0 aromatic heterocycles. The zero-order chi connectivity index (χ0) is 10.4. The molecule has 0 bridgehead atoms. The molecule has 0 fully saturated rings. The van der Waals surface area contributed by atoms with Gasteiger partial charge >= 0.3 is 0 Å². The molecule has 73 valence electrons. The van der Waals surface area contributed by atoms with Gasteiger partial charge in [0, 0.05) is 12.1 Å². The van der Waals surface area contributed by atoms with E-state index < -0.39 is 0 Å². The van der Waals surface area contributed by atoms with Gasteiger partial charge in [0.15, 0.2) is 0 Å². The maximum atomic E-state index is 11.4. The van der Waals surface area contributed by atoms with Gasteiger partial charge in [0.2, 0.25) is 6.29 Å². The van der Waals surface area contributed by atoms with Crippen molar-refractivity contribution in [3.05, 3.63) is 35.9 Å². The van der Waals surface area contributed by atoms with Gasteiger partial charge in [-0.15, -0.1) is 0 Å². The van der Waals surface area contributed by atoms with E-state index in [1.807, 2.05) is 28.7 Å². The highest BCUT2D eigenvalue weighted by atomic mass is 127. The van der Waals surface area contributed by atoms with Crippen LogP contribution in [0.3, 0.4) is 0 Å². The van der Waals surface area contributed by atoms with Crippen molar-refractivity contribution in [2.24, 2.45) is 0 Å². The molecule has 0 saturated heterocycles. The van der Waals surface area contributed by atoms with Crippen molar-refractivity contribution in [3.63, 3.8) is 0 Å². The van der Waals surface area contributed by atoms with Gasteiger partial charge in [-0.05, 0) is 12.1 Å². The Morgan fingerprint density at radius 3 is 2.64 bits per heavy atom. The summed E-state index contributed by atoms with van der Waals surface area (Å²) in [7, 11) is 0. The molecular formula is C10H9INO2. The fourth-order valence-corrected chi connectivity index (χ4v) is 1.14. The Hall–Kier alpha value is -0.910. The van der Waals surface area contributed by atoms with E-state index in [2.05, 4.69) is 5.32 Å². The number of nitrogens with one attached hydrogen (secondary N) is 1. The lowest BCUT2D eigenvalue weighted by Crippen LogP contribution is -2.29. The second-order valence-electron chi connectivity index (χ2n) is 2.66. The van der Waals surface area contributed by atoms with E-state index in [1.165, 1.54) is 0 Å². The highest BCUT2D eigenvalue weighted by Crippen LogP contribution is 1.99. The van der Waals surface area contributed by atoms with Gasteiger partial charge in [-0.2, -0.15) is 0 Å². The zero-order valence-electron chi connectivity index (χ0n) is 7.37. The molecule has 1 aromatic rings. The van der Waals surface area contributed by atoms with Gasteiger partial charge in [-0.1, -0.05) is 40.8 Å². The van der Waals surface area contributed by atoms with Crippen LogP contribution >= 0.6 is 22.6 Å². The number of benzene rings is 1. The summed E-state index contributed by atoms with van der Waals surface area (Å²) in [6.45, 7) is 0.317. The lowest BCUT2D eigenvalue weighted by Gasteiger charge is -2.04. The molecule has 14 heavy (non-hydrogen) atoms. The van der Waals surface area contributed by atoms with Crippen LogP contribution < -0.4 is 5.32 Å². The van der Waals surface area contributed by atoms with Crippen molar-refractivity contribution in [3.8, 4) is 0 Å². The minimum absolute atomic E-state index is 0.164. The lowest BCUT2D eigenvalue weighted by atomic mass is 10.2. The highest BCUT2D eigenvalue weighted by Gasteiger charge is 2.07. The highest BCUT2D eigenvalue weighted by molar-refractivity contribution is 14.1. The van der Waals surface area contributed by atoms with Crippen LogP contribution in [0, 0.1) is 0 Å². The smallest absolute Gasteiger partial charge is 0.251 e. The molecule has 1 radical (unpaired) electrons. The molecule has 0 aliphatic rings. The first-order valence-corrected chi connectivity index (χ1v) is 5.33. The van der Waals surface area contributed by atoms with Crippen LogP contribution in [0.15, 0.2) is 30.3 Å². The molecule has 0 heterocycles. The van der Waals surface area contributed by atoms with Gasteiger partial charge in [0.05, 0.1) is 3.92 Å². The molecule has 1 N–H and O–H groups in total. The minimum Gasteiger partial charge on any atom is -0.351 e. The standard InChI is InChI=1S/C10H9INO2/c11-9(7-13)6-12-10(14)8-4-2-1-3-5-8/h1-5,9H,6H2,(H,12,14). The van der Waals surface area contributed by atoms with E-state index in [0.29, 0.717) is 12.1 Å². The molecule has 3 nitrogen and oxygen atoms in total. The summed E-state index contributed by atoms with van der Waals surface area (Å²) < 4.78 is -0.291. The number of alkyl halides is 1. The van der Waals surface area contributed by atoms with Crippen LogP contribution in [0.1, 0.15) is 10.4 Å². The van der Waals surface area contributed by atoms with Crippen molar-refractivity contribution < 1.29 is 9.59 Å². The molecular weight excluding hydrogens is 293 g/mol. The average molecular weight is 302 g/mol. The largest absolute Gasteiger partial charge is 0.351 e. The topological polar surface area (TPSA) is 46.2 Å². The number of halogens is 1. The zero-order valence-corrected chi connectivity index (χ0v) is 9.52. The quantitative estimate of drug-likeness (QED) is 0.674. The third kappa shape index (κ3) is 3.45. The van der Waals surface area contributed by atoms with Crippen molar-refractivity contribution in [2.45, 2.75) is 3.92 Å². The Morgan fingerprint density at radius 1 is 1.43 bits per heavy atom. The van der Waals surface area contributed by atoms with Gasteiger partial charge in [-0.25, -0.2) is 0 Å². The van der Waals surface area contributed by atoms with Gasteiger partial charge in [0.25, 0.3) is 5.91 Å². The molecule has 1 amide bonds. The fourth-order valence-electron chi connectivity index (χ4n) is 0.916. The van der Waals surface area contributed by atoms with Crippen molar-refractivity contribution in [1.29, 1.82) is 0 Å². The predicted molar refractivity (Wildman–Crippen MR) is 62.3 cm³/mol. The predicted octanol–water partition coefficient (Wildman–Crippen LogP) is 1.33. The van der Waals surface area contributed by atoms with E-state index in [0.717, 1.165) is 0 Å². The number of hydrogen-bond donors (Lipinski definition) is 1. The van der Waals surface area contributed by atoms with Crippen molar-refractivity contribution >= 4 is 34.8 Å². The number of rotatable bonds is 4. The van der Waals surface area contributed by atoms with E-state index in [4.69, 9.17) is 0 Å². The molecule has 0 aliphatic heterocycles. The monoisotopic (exact) mass is 302 g/mol. The summed E-state index contributed by atoms with van der Waals surface area (Å²) in [4.78, 5) is 21.6. The third-order valence-corrected chi connectivity index (χ3v) is 2.30. The lowest BCUT2D eigenvalue weighted by molar-refractivity contribution is 0.0955. The normalized spacial score (nSPS) is 11.8. The second kappa shape index (κ2) is 5.74. The first-order chi connectivity index (χ1) is 6.74. The minimum atomic E-state index is -0.291. The van der Waals surface area contributed by atoms with Crippen LogP contribution in [-0.2, 0) is 4.79 Å². The van der Waals surface area contributed by atoms with Gasteiger partial charge < -0.3 is 5.32 Å². The number of carbonyl (C=O) groups excluding carboxylic acids is 2. The number of carbonyl (C=O) groups is 1. The summed E-state index contributed by atoms with van der Waals surface area (Å²) in [6, 6.07) is 8.88. The summed E-state index contributed by atoms with van der Waals surface area (Å²) in [5.41, 5.74) is 0.599. The summed E-state index contributed by atoms with van der Waals surface area (Å²) in [6.07, 6.45) is 1.79. The van der Waals surface area contributed by atoms with E-state index >= 15 is 0 Å². The Kier molecular flexibility index (Phi) is 4.58. The van der Waals surface area contributed by atoms with Crippen LogP contribution in [-0.4, -0.2) is 22.7 Å². The molecule has 1 atom stereocenters. The first-order valence-electron chi connectivity index (χ1n) is 4.09. The van der Waals surface area contributed by atoms with E-state index in [1.54, 1.807) is 30.6 Å². The average Bonchev–Trinajstić information content (AvgIpc) is 2.26. The molecule has 0 aliphatic carbocycles. The summed E-state index contributed by atoms with van der Waals surface area (Å²) in [5.74, 6) is -0.164. The Bertz CT molecular complexity index is 313. The number of amides is 1. The molecule has 1 aromatic carbocycles. The molecule has 4 heteroatoms. The van der Waals surface area contributed by atoms with Crippen LogP contribution in [0.25, 0.3) is 0 Å². The van der Waals surface area contributed by atoms with Crippen molar-refractivity contribution in [1.82, 2.24) is 5.32 Å². The Labute approximate surface area is 96.0 Å². The Morgan fingerprint density at radius 2 is 2.07 bits per heavy atom. The van der Waals surface area contributed by atoms with Crippen LogP contribution in [0.5, 0.6) is 0 Å². The molecule has 0 saturated carbocycles. The van der Waals surface area contributed by atoms with E-state index in [9.17, 15) is 9.59 Å². The SMILES string of the molecule is O=[C]C(I)CNC(=O)c1ccccc1. The maximum Gasteiger partial charge on any atom is 0.251 e. The maximum absolute atomic E-state index is 11.4. The third-order valence-electron chi connectivity index (χ3n) is 1.61. The van der Waals surface area contributed by atoms with Crippen molar-refractivity contribution in [2.75, 3.05) is 6.54 Å². The Balaban J connectivity index is 2.47. The summed E-state index contributed by atoms with van der Waals surface area (Å²) in [5, 5.41) is 2.64. The molecule has 1 rings (SSSR count). The first kappa shape index (κ1) is 11.2. The van der Waals surface area contributed by atoms with Gasteiger partial charge in [-0.3, -0.25) is 9.59 Å².